The van der Waals surface area contributed by atoms with Gasteiger partial charge in [0.25, 0.3) is 0 Å². The topological polar surface area (TPSA) is 58.9 Å². The largest absolute Gasteiger partial charge is 0.488 e. The number of aryl methyl sites for hydroxylation is 1. The summed E-state index contributed by atoms with van der Waals surface area (Å²) in [5.74, 6) is -0.233. The van der Waals surface area contributed by atoms with E-state index in [1.165, 1.54) is 12.3 Å². The highest BCUT2D eigenvalue weighted by Crippen LogP contribution is 2.20. The second-order valence-electron chi connectivity index (χ2n) is 6.86. The number of rotatable bonds is 11. The SMILES string of the molecule is C=CC.CC.CC/C=C(\C=C/CC(F)(F)F)/C=N/C(C)=C(\S)COc1ccc(CCC(=O)O)cc1. The molecule has 0 amide bonds. The molecule has 0 saturated carbocycles. The Bertz CT molecular complexity index is 855. The summed E-state index contributed by atoms with van der Waals surface area (Å²) >= 11 is 4.38. The van der Waals surface area contributed by atoms with Gasteiger partial charge in [0.05, 0.1) is 6.42 Å². The van der Waals surface area contributed by atoms with Gasteiger partial charge in [-0.15, -0.1) is 19.2 Å². The number of nitrogens with zero attached hydrogens (tertiary/aromatic N) is 1. The first-order valence-electron chi connectivity index (χ1n) is 11.4. The third-order valence-electron chi connectivity index (χ3n) is 3.85. The van der Waals surface area contributed by atoms with Crippen LogP contribution in [0.2, 0.25) is 0 Å². The Kier molecular flexibility index (Phi) is 20.3. The fourth-order valence-electron chi connectivity index (χ4n) is 2.23. The first kappa shape index (κ1) is 34.4. The van der Waals surface area contributed by atoms with Crippen LogP contribution in [-0.4, -0.2) is 30.1 Å². The smallest absolute Gasteiger partial charge is 0.392 e. The number of carboxylic acids is 1. The maximum atomic E-state index is 12.3. The zero-order chi connectivity index (χ0) is 27.3. The van der Waals surface area contributed by atoms with Crippen LogP contribution >= 0.6 is 12.6 Å². The number of carboxylic acid groups (broad SMARTS) is 1. The molecule has 1 aromatic carbocycles. The van der Waals surface area contributed by atoms with E-state index in [-0.39, 0.29) is 13.0 Å². The van der Waals surface area contributed by atoms with Gasteiger partial charge in [0, 0.05) is 23.2 Å². The zero-order valence-corrected chi connectivity index (χ0v) is 22.1. The number of aliphatic imine (C=N–C) groups is 1. The Hall–Kier alpha value is -2.74. The van der Waals surface area contributed by atoms with Crippen LogP contribution in [0, 0.1) is 0 Å². The highest BCUT2D eigenvalue weighted by Gasteiger charge is 2.24. The van der Waals surface area contributed by atoms with Crippen molar-refractivity contribution in [2.45, 2.75) is 66.5 Å². The molecule has 8 heteroatoms. The van der Waals surface area contributed by atoms with Crippen molar-refractivity contribution in [3.05, 3.63) is 76.9 Å². The normalized spacial score (nSPS) is 12.3. The summed E-state index contributed by atoms with van der Waals surface area (Å²) in [5.41, 5.74) is 2.07. The van der Waals surface area contributed by atoms with Crippen LogP contribution < -0.4 is 4.74 Å². The van der Waals surface area contributed by atoms with Gasteiger partial charge < -0.3 is 9.84 Å². The quantitative estimate of drug-likeness (QED) is 0.135. The van der Waals surface area contributed by atoms with Crippen molar-refractivity contribution in [2.75, 3.05) is 6.61 Å². The summed E-state index contributed by atoms with van der Waals surface area (Å²) in [5, 5.41) is 8.71. The lowest BCUT2D eigenvalue weighted by atomic mass is 10.1. The fourth-order valence-corrected chi connectivity index (χ4v) is 2.36. The van der Waals surface area contributed by atoms with Crippen LogP contribution in [0.1, 0.15) is 59.4 Å². The molecular weight excluding hydrogens is 475 g/mol. The second-order valence-corrected chi connectivity index (χ2v) is 7.40. The molecule has 35 heavy (non-hydrogen) atoms. The van der Waals surface area contributed by atoms with E-state index in [2.05, 4.69) is 24.2 Å². The number of hydrogen-bond acceptors (Lipinski definition) is 4. The monoisotopic (exact) mass is 513 g/mol. The van der Waals surface area contributed by atoms with Gasteiger partial charge in [-0.25, -0.2) is 0 Å². The Balaban J connectivity index is 0. The third-order valence-corrected chi connectivity index (χ3v) is 4.30. The van der Waals surface area contributed by atoms with Crippen LogP contribution in [0.5, 0.6) is 5.75 Å². The van der Waals surface area contributed by atoms with Crippen LogP contribution in [0.15, 0.2) is 76.3 Å². The van der Waals surface area contributed by atoms with E-state index in [1.54, 1.807) is 43.3 Å². The van der Waals surface area contributed by atoms with E-state index in [9.17, 15) is 18.0 Å². The minimum atomic E-state index is -4.23. The van der Waals surface area contributed by atoms with Gasteiger partial charge >= 0.3 is 12.1 Å². The number of hydrogen-bond donors (Lipinski definition) is 2. The summed E-state index contributed by atoms with van der Waals surface area (Å²) in [7, 11) is 0. The molecule has 0 aliphatic heterocycles. The molecule has 0 fully saturated rings. The van der Waals surface area contributed by atoms with E-state index in [4.69, 9.17) is 9.84 Å². The van der Waals surface area contributed by atoms with Crippen molar-refractivity contribution in [3.63, 3.8) is 0 Å². The average Bonchev–Trinajstić information content (AvgIpc) is 2.81. The predicted molar refractivity (Wildman–Crippen MR) is 143 cm³/mol. The molecule has 0 radical (unpaired) electrons. The van der Waals surface area contributed by atoms with Crippen LogP contribution in [0.25, 0.3) is 0 Å². The minimum Gasteiger partial charge on any atom is -0.488 e. The van der Waals surface area contributed by atoms with E-state index in [1.807, 2.05) is 27.7 Å². The average molecular weight is 514 g/mol. The Morgan fingerprint density at radius 3 is 2.29 bits per heavy atom. The zero-order valence-electron chi connectivity index (χ0n) is 21.2. The molecule has 0 atom stereocenters. The molecule has 0 aromatic heterocycles. The molecule has 1 N–H and O–H groups in total. The molecule has 0 bridgehead atoms. The van der Waals surface area contributed by atoms with Gasteiger partial charge in [-0.2, -0.15) is 13.2 Å². The van der Waals surface area contributed by atoms with Gasteiger partial charge in [0.15, 0.2) is 0 Å². The van der Waals surface area contributed by atoms with Crippen molar-refractivity contribution in [1.82, 2.24) is 0 Å². The summed E-state index contributed by atoms with van der Waals surface area (Å²) in [6.07, 6.45) is 3.46. The number of ether oxygens (including phenoxy) is 1. The fraction of sp³-hybridized carbons (Fsp3) is 0.407. The first-order valence-corrected chi connectivity index (χ1v) is 11.8. The molecule has 0 aliphatic rings. The number of alkyl halides is 3. The maximum Gasteiger partial charge on any atom is 0.392 e. The van der Waals surface area contributed by atoms with E-state index in [0.717, 1.165) is 11.6 Å². The van der Waals surface area contributed by atoms with Crippen LogP contribution in [-0.2, 0) is 11.2 Å². The Morgan fingerprint density at radius 2 is 1.80 bits per heavy atom. The first-order chi connectivity index (χ1) is 16.5. The number of thiol groups is 1. The summed E-state index contributed by atoms with van der Waals surface area (Å²) in [6, 6.07) is 7.12. The van der Waals surface area contributed by atoms with Crippen LogP contribution in [0.4, 0.5) is 13.2 Å². The van der Waals surface area contributed by atoms with Crippen molar-refractivity contribution in [1.29, 1.82) is 0 Å². The number of aliphatic carboxylic acids is 1. The van der Waals surface area contributed by atoms with Crippen molar-refractivity contribution in [3.8, 4) is 5.75 Å². The molecule has 1 rings (SSSR count). The van der Waals surface area contributed by atoms with Gasteiger partial charge in [0.2, 0.25) is 0 Å². The van der Waals surface area contributed by atoms with Crippen molar-refractivity contribution in [2.24, 2.45) is 4.99 Å². The highest BCUT2D eigenvalue weighted by atomic mass is 32.1. The number of allylic oxidation sites excluding steroid dienone is 6. The number of benzene rings is 1. The lowest BCUT2D eigenvalue weighted by molar-refractivity contribution is -0.137. The molecule has 0 saturated heterocycles. The van der Waals surface area contributed by atoms with Gasteiger partial charge in [-0.1, -0.05) is 57.2 Å². The standard InChI is InChI=1S/C22H26F3NO3S.C3H6.C2H6/c1-3-5-18(6-4-13-22(23,24)25)14-26-16(2)20(30)15-29-19-10-7-17(8-11-19)9-12-21(27)28;1-3-2;1-2/h4-8,10-11,14,30H,3,9,12-13,15H2,1-2H3,(H,27,28);3H,1H2,2H3;1-2H3/b6-4-,18-5+,20-16-,26-14+;;. The predicted octanol–water partition coefficient (Wildman–Crippen LogP) is 8.38. The Morgan fingerprint density at radius 1 is 1.23 bits per heavy atom. The third kappa shape index (κ3) is 20.4. The molecule has 1 aromatic rings. The van der Waals surface area contributed by atoms with Gasteiger partial charge in [0.1, 0.15) is 12.4 Å². The molecule has 4 nitrogen and oxygen atoms in total. The van der Waals surface area contributed by atoms with E-state index in [0.29, 0.717) is 34.8 Å². The summed E-state index contributed by atoms with van der Waals surface area (Å²) in [4.78, 5) is 15.4. The highest BCUT2D eigenvalue weighted by molar-refractivity contribution is 7.84. The molecule has 0 heterocycles. The molecule has 196 valence electrons. The summed E-state index contributed by atoms with van der Waals surface area (Å²) in [6.45, 7) is 13.1. The number of carbonyl (C=O) groups is 1. The Labute approximate surface area is 213 Å². The van der Waals surface area contributed by atoms with Gasteiger partial charge in [-0.05, 0) is 50.0 Å². The molecular formula is C27H38F3NO3S. The van der Waals surface area contributed by atoms with Crippen LogP contribution in [0.3, 0.4) is 0 Å². The lowest BCUT2D eigenvalue weighted by Crippen LogP contribution is -2.04. The number of halogens is 3. The van der Waals surface area contributed by atoms with E-state index < -0.39 is 18.6 Å². The van der Waals surface area contributed by atoms with Gasteiger partial charge in [-0.3, -0.25) is 9.79 Å². The molecule has 0 unspecified atom stereocenters. The molecule has 0 spiro atoms. The minimum absolute atomic E-state index is 0.0702. The van der Waals surface area contributed by atoms with Crippen molar-refractivity contribution >= 4 is 24.8 Å². The van der Waals surface area contributed by atoms with Crippen molar-refractivity contribution < 1.29 is 27.8 Å². The lowest BCUT2D eigenvalue weighted by Gasteiger charge is -2.08. The van der Waals surface area contributed by atoms with E-state index >= 15 is 0 Å². The maximum absolute atomic E-state index is 12.3. The molecule has 0 aliphatic carbocycles. The second kappa shape index (κ2) is 20.6. The summed E-state index contributed by atoms with van der Waals surface area (Å²) < 4.78 is 42.5.